The van der Waals surface area contributed by atoms with Gasteiger partial charge in [0.1, 0.15) is 23.7 Å². The van der Waals surface area contributed by atoms with Crippen LogP contribution in [0, 0.1) is 22.7 Å². The molecule has 2 aliphatic rings. The Hall–Kier alpha value is -3.69. The summed E-state index contributed by atoms with van der Waals surface area (Å²) in [4.78, 5) is 25.1. The van der Waals surface area contributed by atoms with Crippen LogP contribution in [0.2, 0.25) is 0 Å². The first-order valence-corrected chi connectivity index (χ1v) is 10.8. The molecule has 2 aromatic rings. The Morgan fingerprint density at radius 3 is 2.69 bits per heavy atom. The molecule has 1 saturated carbocycles. The number of anilines is 3. The lowest BCUT2D eigenvalue weighted by atomic mass is 10.1. The minimum absolute atomic E-state index is 0.0388. The minimum atomic E-state index is -0.153. The summed E-state index contributed by atoms with van der Waals surface area (Å²) >= 11 is 0. The lowest BCUT2D eigenvalue weighted by Gasteiger charge is -2.40. The molecular formula is C23H25N7O2. The number of carbonyl (C=O) groups is 1. The second-order valence-corrected chi connectivity index (χ2v) is 8.20. The topological polar surface area (TPSA) is 129 Å². The zero-order valence-corrected chi connectivity index (χ0v) is 18.0. The first-order valence-electron chi connectivity index (χ1n) is 10.8. The quantitative estimate of drug-likeness (QED) is 0.712. The second kappa shape index (κ2) is 9.21. The number of nitrogens with one attached hydrogen (secondary N) is 1. The molecule has 3 heterocycles. The van der Waals surface area contributed by atoms with Crippen molar-refractivity contribution in [1.29, 1.82) is 10.5 Å². The van der Waals surface area contributed by atoms with Crippen molar-refractivity contribution < 1.29 is 9.90 Å². The maximum atomic E-state index is 12.2. The number of nitrogens with zero attached hydrogens (tertiary/aromatic N) is 6. The summed E-state index contributed by atoms with van der Waals surface area (Å²) in [6.45, 7) is 3.51. The highest BCUT2D eigenvalue weighted by Crippen LogP contribution is 2.44. The molecule has 1 amide bonds. The third kappa shape index (κ3) is 4.48. The van der Waals surface area contributed by atoms with Gasteiger partial charge >= 0.3 is 0 Å². The molecule has 0 radical (unpaired) electrons. The molecule has 32 heavy (non-hydrogen) atoms. The van der Waals surface area contributed by atoms with E-state index in [0.717, 1.165) is 29.9 Å². The van der Waals surface area contributed by atoms with Gasteiger partial charge in [-0.15, -0.1) is 0 Å². The number of aliphatic hydroxyl groups is 1. The van der Waals surface area contributed by atoms with Crippen molar-refractivity contribution in [3.05, 3.63) is 41.3 Å². The van der Waals surface area contributed by atoms with Gasteiger partial charge in [-0.2, -0.15) is 10.5 Å². The number of hydrogen-bond acceptors (Lipinski definition) is 8. The molecule has 2 N–H and O–H groups in total. The third-order valence-corrected chi connectivity index (χ3v) is 5.85. The minimum Gasteiger partial charge on any atom is -0.396 e. The lowest BCUT2D eigenvalue weighted by Crippen LogP contribution is -2.54. The zero-order valence-electron chi connectivity index (χ0n) is 18.0. The van der Waals surface area contributed by atoms with Crippen molar-refractivity contribution in [1.82, 2.24) is 14.9 Å². The van der Waals surface area contributed by atoms with Crippen LogP contribution in [0.3, 0.4) is 0 Å². The van der Waals surface area contributed by atoms with E-state index in [-0.39, 0.29) is 25.0 Å². The van der Waals surface area contributed by atoms with E-state index in [4.69, 9.17) is 15.4 Å². The van der Waals surface area contributed by atoms with Crippen LogP contribution in [0.1, 0.15) is 49.1 Å². The van der Waals surface area contributed by atoms with E-state index in [2.05, 4.69) is 21.3 Å². The SMILES string of the molecule is CC1CN(c2nc(C3CC3)c(Nc3ccc(C#N)nc3)cc2C#N)CCN1C(=O)CCO. The van der Waals surface area contributed by atoms with Crippen LogP contribution in [0.15, 0.2) is 24.4 Å². The van der Waals surface area contributed by atoms with Crippen molar-refractivity contribution >= 4 is 23.1 Å². The molecule has 9 heteroatoms. The average Bonchev–Trinajstić information content (AvgIpc) is 3.64. The van der Waals surface area contributed by atoms with Crippen LogP contribution in [0.5, 0.6) is 0 Å². The van der Waals surface area contributed by atoms with Gasteiger partial charge in [0, 0.05) is 38.0 Å². The van der Waals surface area contributed by atoms with Crippen molar-refractivity contribution in [2.24, 2.45) is 0 Å². The summed E-state index contributed by atoms with van der Waals surface area (Å²) in [6.07, 6.45) is 3.83. The molecule has 2 aromatic heterocycles. The van der Waals surface area contributed by atoms with E-state index in [1.54, 1.807) is 23.2 Å². The Labute approximate surface area is 186 Å². The largest absolute Gasteiger partial charge is 0.396 e. The van der Waals surface area contributed by atoms with Gasteiger partial charge in [0.05, 0.1) is 35.4 Å². The van der Waals surface area contributed by atoms with Gasteiger partial charge in [-0.25, -0.2) is 9.97 Å². The third-order valence-electron chi connectivity index (χ3n) is 5.85. The maximum absolute atomic E-state index is 12.2. The molecule has 1 unspecified atom stereocenters. The fourth-order valence-electron chi connectivity index (χ4n) is 4.06. The maximum Gasteiger partial charge on any atom is 0.225 e. The predicted molar refractivity (Wildman–Crippen MR) is 118 cm³/mol. The van der Waals surface area contributed by atoms with Crippen LogP contribution in [0.4, 0.5) is 17.2 Å². The molecule has 9 nitrogen and oxygen atoms in total. The highest BCUT2D eigenvalue weighted by molar-refractivity contribution is 5.77. The number of carbonyl (C=O) groups excluding carboxylic acids is 1. The van der Waals surface area contributed by atoms with E-state index in [0.29, 0.717) is 42.6 Å². The molecular weight excluding hydrogens is 406 g/mol. The fraction of sp³-hybridized carbons (Fsp3) is 0.435. The zero-order chi connectivity index (χ0) is 22.7. The summed E-state index contributed by atoms with van der Waals surface area (Å²) in [5.41, 5.74) is 3.25. The number of amides is 1. The summed E-state index contributed by atoms with van der Waals surface area (Å²) in [6, 6.07) is 9.50. The van der Waals surface area contributed by atoms with Crippen LogP contribution >= 0.6 is 0 Å². The van der Waals surface area contributed by atoms with E-state index >= 15 is 0 Å². The number of rotatable bonds is 6. The number of aromatic nitrogens is 2. The summed E-state index contributed by atoms with van der Waals surface area (Å²) in [5, 5.41) is 31.2. The van der Waals surface area contributed by atoms with Crippen LogP contribution in [0.25, 0.3) is 0 Å². The first kappa shape index (κ1) is 21.5. The smallest absolute Gasteiger partial charge is 0.225 e. The van der Waals surface area contributed by atoms with Crippen molar-refractivity contribution in [2.75, 3.05) is 36.5 Å². The molecule has 1 atom stereocenters. The Bertz CT molecular complexity index is 1080. The summed E-state index contributed by atoms with van der Waals surface area (Å²) in [7, 11) is 0. The molecule has 164 valence electrons. The first-order chi connectivity index (χ1) is 15.5. The standard InChI is InChI=1S/C23H25N7O2/c1-15-14-29(7-8-30(15)21(32)6-9-31)23-17(11-24)10-20(22(28-23)16-2-3-16)27-19-5-4-18(12-25)26-13-19/h4-5,10,13,15-16,27,31H,2-3,6-9,14H2,1H3. The number of pyridine rings is 2. The van der Waals surface area contributed by atoms with Gasteiger partial charge in [0.2, 0.25) is 5.91 Å². The molecule has 1 aliphatic heterocycles. The molecule has 4 rings (SSSR count). The second-order valence-electron chi connectivity index (χ2n) is 8.20. The van der Waals surface area contributed by atoms with Gasteiger partial charge in [0.25, 0.3) is 0 Å². The van der Waals surface area contributed by atoms with Gasteiger partial charge in [0.15, 0.2) is 0 Å². The van der Waals surface area contributed by atoms with Crippen molar-refractivity contribution in [3.8, 4) is 12.1 Å². The van der Waals surface area contributed by atoms with Crippen LogP contribution in [-0.2, 0) is 4.79 Å². The molecule has 2 fully saturated rings. The van der Waals surface area contributed by atoms with Gasteiger partial charge < -0.3 is 20.2 Å². The van der Waals surface area contributed by atoms with Crippen LogP contribution in [-0.4, -0.2) is 58.2 Å². The average molecular weight is 432 g/mol. The number of hydrogen-bond donors (Lipinski definition) is 2. The van der Waals surface area contributed by atoms with Gasteiger partial charge in [-0.1, -0.05) is 0 Å². The Morgan fingerprint density at radius 1 is 1.28 bits per heavy atom. The summed E-state index contributed by atoms with van der Waals surface area (Å²) in [5.74, 6) is 0.946. The monoisotopic (exact) mass is 431 g/mol. The van der Waals surface area contributed by atoms with Crippen molar-refractivity contribution in [2.45, 2.75) is 38.1 Å². The Balaban J connectivity index is 1.60. The highest BCUT2D eigenvalue weighted by atomic mass is 16.3. The van der Waals surface area contributed by atoms with Gasteiger partial charge in [-0.3, -0.25) is 4.79 Å². The van der Waals surface area contributed by atoms with Crippen molar-refractivity contribution in [3.63, 3.8) is 0 Å². The number of piperazine rings is 1. The predicted octanol–water partition coefficient (Wildman–Crippen LogP) is 2.26. The van der Waals surface area contributed by atoms with E-state index in [9.17, 15) is 10.1 Å². The Kier molecular flexibility index (Phi) is 6.20. The number of aliphatic hydroxyl groups excluding tert-OH is 1. The van der Waals surface area contributed by atoms with Crippen LogP contribution < -0.4 is 10.2 Å². The highest BCUT2D eigenvalue weighted by Gasteiger charge is 2.32. The van der Waals surface area contributed by atoms with E-state index in [1.807, 2.05) is 19.1 Å². The molecule has 1 saturated heterocycles. The van der Waals surface area contributed by atoms with E-state index < -0.39 is 0 Å². The molecule has 0 spiro atoms. The Morgan fingerprint density at radius 2 is 2.09 bits per heavy atom. The lowest BCUT2D eigenvalue weighted by molar-refractivity contribution is -0.134. The number of nitriles is 2. The molecule has 1 aliphatic carbocycles. The van der Waals surface area contributed by atoms with Gasteiger partial charge in [-0.05, 0) is 38.0 Å². The normalized spacial score (nSPS) is 18.1. The molecule has 0 bridgehead atoms. The molecule has 0 aromatic carbocycles. The summed E-state index contributed by atoms with van der Waals surface area (Å²) < 4.78 is 0. The van der Waals surface area contributed by atoms with E-state index in [1.165, 1.54) is 0 Å². The fourth-order valence-corrected chi connectivity index (χ4v) is 4.06.